The van der Waals surface area contributed by atoms with Gasteiger partial charge in [-0.1, -0.05) is 32.9 Å². The first-order chi connectivity index (χ1) is 18.2. The number of amides is 1. The van der Waals surface area contributed by atoms with Crippen LogP contribution in [0, 0.1) is 46.3 Å². The number of aliphatic hydroxyl groups is 2. The van der Waals surface area contributed by atoms with Crippen LogP contribution in [0.3, 0.4) is 0 Å². The molecule has 3 N–H and O–H groups in total. The number of hydrogen-bond acceptors (Lipinski definition) is 4. The summed E-state index contributed by atoms with van der Waals surface area (Å²) in [6.45, 7) is 7.85. The third kappa shape index (κ3) is 5.03. The van der Waals surface area contributed by atoms with E-state index in [1.807, 2.05) is 12.1 Å². The van der Waals surface area contributed by atoms with Crippen LogP contribution in [0.4, 0.5) is 0 Å². The average molecular weight is 526 g/mol. The Bertz CT molecular complexity index is 964. The van der Waals surface area contributed by atoms with E-state index in [4.69, 9.17) is 4.74 Å². The Morgan fingerprint density at radius 2 is 1.82 bits per heavy atom. The zero-order valence-electron chi connectivity index (χ0n) is 24.1. The standard InChI is InChI=1S/C33H51NO4/c1-21(5-14-31(37)34-18-16-22-6-9-25(38-4)10-7-22)27-12-13-28-26-11-8-23-19-24(35)15-17-32(23,2)29(26)20-30(36)33(27,28)3/h6-7,9-10,21,23-24,26-30,35-36H,5,8,11-20H2,1-4H3,(H,34,37)/t21-,23-,24-,26+,27-,28+,29+,30+,32+,33-/m1/s1. The van der Waals surface area contributed by atoms with Crippen molar-refractivity contribution in [2.75, 3.05) is 13.7 Å². The molecule has 5 rings (SSSR count). The summed E-state index contributed by atoms with van der Waals surface area (Å²) in [6, 6.07) is 8.02. The number of nitrogens with one attached hydrogen (secondary N) is 1. The normalized spacial score (nSPS) is 40.9. The second-order valence-corrected chi connectivity index (χ2v) is 13.9. The van der Waals surface area contributed by atoms with Crippen molar-refractivity contribution in [3.8, 4) is 5.75 Å². The maximum Gasteiger partial charge on any atom is 0.220 e. The first-order valence-electron chi connectivity index (χ1n) is 15.4. The highest BCUT2D eigenvalue weighted by molar-refractivity contribution is 5.75. The van der Waals surface area contributed by atoms with Gasteiger partial charge in [0, 0.05) is 13.0 Å². The minimum Gasteiger partial charge on any atom is -0.497 e. The topological polar surface area (TPSA) is 78.8 Å². The van der Waals surface area contributed by atoms with Crippen molar-refractivity contribution >= 4 is 5.91 Å². The summed E-state index contributed by atoms with van der Waals surface area (Å²) in [5, 5.41) is 25.2. The van der Waals surface area contributed by atoms with Gasteiger partial charge in [0.15, 0.2) is 0 Å². The van der Waals surface area contributed by atoms with Crippen LogP contribution in [0.15, 0.2) is 24.3 Å². The lowest BCUT2D eigenvalue weighted by Crippen LogP contribution is -2.58. The number of fused-ring (bicyclic) bond motifs is 5. The highest BCUT2D eigenvalue weighted by Gasteiger charge is 2.63. The monoisotopic (exact) mass is 525 g/mol. The molecule has 212 valence electrons. The Morgan fingerprint density at radius 3 is 2.55 bits per heavy atom. The zero-order chi connectivity index (χ0) is 27.1. The van der Waals surface area contributed by atoms with Gasteiger partial charge >= 0.3 is 0 Å². The molecule has 1 aromatic carbocycles. The maximum atomic E-state index is 12.7. The van der Waals surface area contributed by atoms with Crippen molar-refractivity contribution < 1.29 is 19.7 Å². The van der Waals surface area contributed by atoms with Gasteiger partial charge in [0.2, 0.25) is 5.91 Å². The summed E-state index contributed by atoms with van der Waals surface area (Å²) < 4.78 is 5.22. The summed E-state index contributed by atoms with van der Waals surface area (Å²) in [5.41, 5.74) is 1.43. The Kier molecular flexibility index (Phi) is 8.18. The van der Waals surface area contributed by atoms with E-state index in [9.17, 15) is 15.0 Å². The number of rotatable bonds is 8. The van der Waals surface area contributed by atoms with Gasteiger partial charge in [-0.3, -0.25) is 4.79 Å². The molecule has 0 heterocycles. The molecule has 5 heteroatoms. The molecule has 0 bridgehead atoms. The van der Waals surface area contributed by atoms with Crippen LogP contribution < -0.4 is 10.1 Å². The highest BCUT2D eigenvalue weighted by Crippen LogP contribution is 2.68. The van der Waals surface area contributed by atoms with Gasteiger partial charge in [0.25, 0.3) is 0 Å². The second-order valence-electron chi connectivity index (χ2n) is 13.9. The van der Waals surface area contributed by atoms with Gasteiger partial charge < -0.3 is 20.3 Å². The lowest BCUT2D eigenvalue weighted by molar-refractivity contribution is -0.174. The summed E-state index contributed by atoms with van der Waals surface area (Å²) in [7, 11) is 1.67. The molecule has 4 aliphatic carbocycles. The number of ether oxygens (including phenoxy) is 1. The molecule has 0 spiro atoms. The smallest absolute Gasteiger partial charge is 0.220 e. The zero-order valence-corrected chi connectivity index (χ0v) is 24.1. The molecule has 0 saturated heterocycles. The largest absolute Gasteiger partial charge is 0.497 e. The maximum absolute atomic E-state index is 12.7. The van der Waals surface area contributed by atoms with E-state index in [0.717, 1.165) is 44.3 Å². The van der Waals surface area contributed by atoms with Crippen LogP contribution >= 0.6 is 0 Å². The molecule has 10 atom stereocenters. The molecule has 1 aromatic rings. The van der Waals surface area contributed by atoms with E-state index < -0.39 is 0 Å². The third-order valence-corrected chi connectivity index (χ3v) is 12.2. The van der Waals surface area contributed by atoms with Crippen LogP contribution in [0.25, 0.3) is 0 Å². The molecular formula is C33H51NO4. The molecule has 0 aromatic heterocycles. The Labute approximate surface area is 230 Å². The summed E-state index contributed by atoms with van der Waals surface area (Å²) in [4.78, 5) is 12.7. The minimum atomic E-state index is -0.260. The van der Waals surface area contributed by atoms with Gasteiger partial charge in [-0.25, -0.2) is 0 Å². The summed E-state index contributed by atoms with van der Waals surface area (Å²) in [5.74, 6) is 4.40. The van der Waals surface area contributed by atoms with Crippen LogP contribution in [-0.2, 0) is 11.2 Å². The van der Waals surface area contributed by atoms with E-state index in [0.29, 0.717) is 48.5 Å². The minimum absolute atomic E-state index is 0.0389. The van der Waals surface area contributed by atoms with Crippen molar-refractivity contribution in [3.63, 3.8) is 0 Å². The molecule has 4 aliphatic rings. The summed E-state index contributed by atoms with van der Waals surface area (Å²) in [6.07, 6.45) is 10.7. The van der Waals surface area contributed by atoms with Crippen LogP contribution in [0.2, 0.25) is 0 Å². The molecule has 4 saturated carbocycles. The summed E-state index contributed by atoms with van der Waals surface area (Å²) >= 11 is 0. The lowest BCUT2D eigenvalue weighted by Gasteiger charge is -2.62. The van der Waals surface area contributed by atoms with E-state index in [-0.39, 0.29) is 28.9 Å². The van der Waals surface area contributed by atoms with Crippen LogP contribution in [0.1, 0.15) is 90.5 Å². The number of carbonyl (C=O) groups excluding carboxylic acids is 1. The third-order valence-electron chi connectivity index (χ3n) is 12.2. The molecule has 38 heavy (non-hydrogen) atoms. The molecule has 4 fully saturated rings. The second kappa shape index (κ2) is 11.1. The predicted octanol–water partition coefficient (Wildman–Crippen LogP) is 5.76. The van der Waals surface area contributed by atoms with E-state index in [1.165, 1.54) is 31.2 Å². The Balaban J connectivity index is 1.15. The van der Waals surface area contributed by atoms with Crippen molar-refractivity contribution in [2.24, 2.45) is 46.3 Å². The van der Waals surface area contributed by atoms with E-state index >= 15 is 0 Å². The Hall–Kier alpha value is -1.59. The van der Waals surface area contributed by atoms with Gasteiger partial charge in [0.1, 0.15) is 5.75 Å². The van der Waals surface area contributed by atoms with Gasteiger partial charge in [-0.05, 0) is 128 Å². The quantitative estimate of drug-likeness (QED) is 0.403. The number of methoxy groups -OCH3 is 1. The van der Waals surface area contributed by atoms with Crippen LogP contribution in [-0.4, -0.2) is 42.0 Å². The van der Waals surface area contributed by atoms with Crippen molar-refractivity contribution in [2.45, 2.75) is 104 Å². The fourth-order valence-electron chi connectivity index (χ4n) is 9.95. The fourth-order valence-corrected chi connectivity index (χ4v) is 9.95. The molecule has 5 nitrogen and oxygen atoms in total. The molecule has 0 aliphatic heterocycles. The van der Waals surface area contributed by atoms with Crippen molar-refractivity contribution in [1.82, 2.24) is 5.32 Å². The molecular weight excluding hydrogens is 474 g/mol. The number of hydrogen-bond donors (Lipinski definition) is 3. The van der Waals surface area contributed by atoms with Gasteiger partial charge in [-0.15, -0.1) is 0 Å². The lowest BCUT2D eigenvalue weighted by atomic mass is 9.43. The molecule has 0 unspecified atom stereocenters. The SMILES string of the molecule is COc1ccc(CCNC(=O)CC[C@@H](C)[C@H]2CC[C@H]3[C@@H]4CC[C@@H]5C[C@H](O)CC[C@]5(C)[C@H]4C[C@H](O)[C@]23C)cc1. The number of aliphatic hydroxyl groups excluding tert-OH is 2. The van der Waals surface area contributed by atoms with Gasteiger partial charge in [0.05, 0.1) is 19.3 Å². The first kappa shape index (κ1) is 28.0. The van der Waals surface area contributed by atoms with Crippen molar-refractivity contribution in [1.29, 1.82) is 0 Å². The van der Waals surface area contributed by atoms with E-state index in [2.05, 4.69) is 38.2 Å². The van der Waals surface area contributed by atoms with E-state index in [1.54, 1.807) is 7.11 Å². The number of benzene rings is 1. The average Bonchev–Trinajstić information content (AvgIpc) is 3.27. The highest BCUT2D eigenvalue weighted by atomic mass is 16.5. The van der Waals surface area contributed by atoms with Crippen LogP contribution in [0.5, 0.6) is 5.75 Å². The van der Waals surface area contributed by atoms with Crippen molar-refractivity contribution in [3.05, 3.63) is 29.8 Å². The fraction of sp³-hybridized carbons (Fsp3) is 0.788. The molecule has 0 radical (unpaired) electrons. The first-order valence-corrected chi connectivity index (χ1v) is 15.4. The predicted molar refractivity (Wildman–Crippen MR) is 151 cm³/mol. The Morgan fingerprint density at radius 1 is 1.05 bits per heavy atom. The molecule has 1 amide bonds. The van der Waals surface area contributed by atoms with Gasteiger partial charge in [-0.2, -0.15) is 0 Å². The number of carbonyl (C=O) groups is 1.